The molecule has 0 radical (unpaired) electrons. The van der Waals surface area contributed by atoms with Crippen LogP contribution in [0.25, 0.3) is 0 Å². The van der Waals surface area contributed by atoms with Gasteiger partial charge in [0.2, 0.25) is 0 Å². The molecule has 0 saturated heterocycles. The maximum absolute atomic E-state index is 5.90. The van der Waals surface area contributed by atoms with E-state index in [1.54, 1.807) is 0 Å². The molecule has 0 spiro atoms. The number of aliphatic imine (C=N–C) groups is 1. The number of anilines is 1. The number of hydrogen-bond acceptors (Lipinski definition) is 1. The third kappa shape index (κ3) is 6.11. The van der Waals surface area contributed by atoms with Gasteiger partial charge in [-0.05, 0) is 42.4 Å². The lowest BCUT2D eigenvalue weighted by molar-refractivity contribution is 0.675. The second-order valence-electron chi connectivity index (χ2n) is 5.76. The number of hydrogen-bond donors (Lipinski definition) is 2. The molecule has 1 aliphatic carbocycles. The van der Waals surface area contributed by atoms with E-state index in [1.165, 1.54) is 24.8 Å². The van der Waals surface area contributed by atoms with Gasteiger partial charge < -0.3 is 11.1 Å². The summed E-state index contributed by atoms with van der Waals surface area (Å²) in [4.78, 5) is 4.38. The lowest BCUT2D eigenvalue weighted by Crippen LogP contribution is -2.22. The van der Waals surface area contributed by atoms with Crippen molar-refractivity contribution in [3.63, 3.8) is 0 Å². The molecule has 0 bridgehead atoms. The lowest BCUT2D eigenvalue weighted by atomic mass is 10.0. The first-order valence-electron chi connectivity index (χ1n) is 7.32. The Bertz CT molecular complexity index is 439. The van der Waals surface area contributed by atoms with Gasteiger partial charge in [-0.1, -0.05) is 38.8 Å². The number of nitrogens with zero attached hydrogens (tertiary/aromatic N) is 1. The average molecular weight is 387 g/mol. The van der Waals surface area contributed by atoms with Crippen LogP contribution in [0.5, 0.6) is 0 Å². The molecule has 20 heavy (non-hydrogen) atoms. The van der Waals surface area contributed by atoms with E-state index in [0.717, 1.165) is 24.6 Å². The minimum absolute atomic E-state index is 0. The molecule has 3 nitrogen and oxygen atoms in total. The van der Waals surface area contributed by atoms with Crippen molar-refractivity contribution in [2.24, 2.45) is 16.6 Å². The smallest absolute Gasteiger partial charge is 0.193 e. The molecule has 0 atom stereocenters. The van der Waals surface area contributed by atoms with E-state index in [2.05, 4.69) is 42.4 Å². The maximum Gasteiger partial charge on any atom is 0.193 e. The predicted octanol–water partition coefficient (Wildman–Crippen LogP) is 4.34. The Labute approximate surface area is 139 Å². The Kier molecular flexibility index (Phi) is 7.34. The number of halogens is 1. The highest BCUT2D eigenvalue weighted by molar-refractivity contribution is 14.0. The maximum atomic E-state index is 5.90. The molecule has 112 valence electrons. The van der Waals surface area contributed by atoms with Crippen LogP contribution in [0.2, 0.25) is 0 Å². The Hall–Kier alpha value is -0.780. The molecule has 0 aromatic heterocycles. The van der Waals surface area contributed by atoms with Crippen molar-refractivity contribution >= 4 is 35.6 Å². The van der Waals surface area contributed by atoms with E-state index in [4.69, 9.17) is 5.73 Å². The monoisotopic (exact) mass is 387 g/mol. The zero-order valence-electron chi connectivity index (χ0n) is 12.4. The summed E-state index contributed by atoms with van der Waals surface area (Å²) in [5.41, 5.74) is 8.24. The Morgan fingerprint density at radius 1 is 1.40 bits per heavy atom. The highest BCUT2D eigenvalue weighted by atomic mass is 127. The van der Waals surface area contributed by atoms with Crippen molar-refractivity contribution in [3.8, 4) is 0 Å². The van der Waals surface area contributed by atoms with Crippen LogP contribution in [0.15, 0.2) is 29.3 Å². The summed E-state index contributed by atoms with van der Waals surface area (Å²) in [7, 11) is 0. The summed E-state index contributed by atoms with van der Waals surface area (Å²) in [5, 5.41) is 3.17. The van der Waals surface area contributed by atoms with Crippen molar-refractivity contribution in [3.05, 3.63) is 29.8 Å². The number of nitrogens with two attached hydrogens (primary N) is 1. The minimum Gasteiger partial charge on any atom is -0.370 e. The topological polar surface area (TPSA) is 50.4 Å². The molecular formula is C16H26IN3. The predicted molar refractivity (Wildman–Crippen MR) is 98.0 cm³/mol. The van der Waals surface area contributed by atoms with E-state index in [-0.39, 0.29) is 24.0 Å². The van der Waals surface area contributed by atoms with Crippen molar-refractivity contribution in [2.75, 3.05) is 11.9 Å². The zero-order valence-corrected chi connectivity index (χ0v) is 14.8. The molecule has 0 amide bonds. The van der Waals surface area contributed by atoms with Crippen molar-refractivity contribution in [1.29, 1.82) is 0 Å². The second-order valence-corrected chi connectivity index (χ2v) is 5.76. The van der Waals surface area contributed by atoms with Gasteiger partial charge in [0.05, 0.1) is 0 Å². The first-order chi connectivity index (χ1) is 9.15. The minimum atomic E-state index is 0. The Morgan fingerprint density at radius 2 is 2.15 bits per heavy atom. The lowest BCUT2D eigenvalue weighted by Gasteiger charge is -2.09. The van der Waals surface area contributed by atoms with Gasteiger partial charge in [-0.3, -0.25) is 4.99 Å². The fraction of sp³-hybridized carbons (Fsp3) is 0.562. The molecule has 0 heterocycles. The molecule has 0 unspecified atom stereocenters. The molecule has 1 fully saturated rings. The molecule has 1 aromatic carbocycles. The fourth-order valence-corrected chi connectivity index (χ4v) is 2.15. The first kappa shape index (κ1) is 17.3. The highest BCUT2D eigenvalue weighted by Gasteiger charge is 2.19. The van der Waals surface area contributed by atoms with Crippen LogP contribution < -0.4 is 11.1 Å². The summed E-state index contributed by atoms with van der Waals surface area (Å²) in [6, 6.07) is 8.35. The zero-order chi connectivity index (χ0) is 13.7. The van der Waals surface area contributed by atoms with Crippen molar-refractivity contribution < 1.29 is 0 Å². The SMILES string of the molecule is CC(C)c1cccc(NC(N)=NCCCC2CC2)c1.I. The first-order valence-corrected chi connectivity index (χ1v) is 7.32. The van der Waals surface area contributed by atoms with Gasteiger partial charge in [0.25, 0.3) is 0 Å². The molecule has 1 aromatic rings. The van der Waals surface area contributed by atoms with Gasteiger partial charge in [-0.15, -0.1) is 24.0 Å². The van der Waals surface area contributed by atoms with Crippen LogP contribution in [-0.2, 0) is 0 Å². The summed E-state index contributed by atoms with van der Waals surface area (Å²) in [6.07, 6.45) is 5.29. The summed E-state index contributed by atoms with van der Waals surface area (Å²) in [6.45, 7) is 5.21. The molecule has 4 heteroatoms. The van der Waals surface area contributed by atoms with Crippen LogP contribution in [0.4, 0.5) is 5.69 Å². The average Bonchev–Trinajstić information content (AvgIpc) is 3.19. The fourth-order valence-electron chi connectivity index (χ4n) is 2.15. The molecule has 1 aliphatic rings. The van der Waals surface area contributed by atoms with E-state index in [1.807, 2.05) is 6.07 Å². The van der Waals surface area contributed by atoms with E-state index in [9.17, 15) is 0 Å². The van der Waals surface area contributed by atoms with Crippen molar-refractivity contribution in [1.82, 2.24) is 0 Å². The standard InChI is InChI=1S/C16H25N3.HI/c1-12(2)14-6-3-7-15(11-14)19-16(17)18-10-4-5-13-8-9-13;/h3,6-7,11-13H,4-5,8-10H2,1-2H3,(H3,17,18,19);1H. The normalized spacial score (nSPS) is 15.1. The largest absolute Gasteiger partial charge is 0.370 e. The van der Waals surface area contributed by atoms with Gasteiger partial charge in [0.15, 0.2) is 5.96 Å². The van der Waals surface area contributed by atoms with Crippen LogP contribution >= 0.6 is 24.0 Å². The highest BCUT2D eigenvalue weighted by Crippen LogP contribution is 2.33. The van der Waals surface area contributed by atoms with Crippen LogP contribution in [0.3, 0.4) is 0 Å². The molecule has 2 rings (SSSR count). The summed E-state index contributed by atoms with van der Waals surface area (Å²) < 4.78 is 0. The van der Waals surface area contributed by atoms with E-state index in [0.29, 0.717) is 11.9 Å². The van der Waals surface area contributed by atoms with Gasteiger partial charge in [-0.2, -0.15) is 0 Å². The van der Waals surface area contributed by atoms with Crippen LogP contribution in [0.1, 0.15) is 51.0 Å². The van der Waals surface area contributed by atoms with E-state index >= 15 is 0 Å². The Balaban J connectivity index is 0.00000200. The van der Waals surface area contributed by atoms with Crippen molar-refractivity contribution in [2.45, 2.75) is 45.4 Å². The third-order valence-corrected chi connectivity index (χ3v) is 3.58. The molecule has 0 aliphatic heterocycles. The van der Waals surface area contributed by atoms with Gasteiger partial charge in [-0.25, -0.2) is 0 Å². The molecule has 3 N–H and O–H groups in total. The number of guanidine groups is 1. The second kappa shape index (κ2) is 8.49. The van der Waals surface area contributed by atoms with Gasteiger partial charge in [0, 0.05) is 12.2 Å². The van der Waals surface area contributed by atoms with E-state index < -0.39 is 0 Å². The third-order valence-electron chi connectivity index (χ3n) is 3.58. The number of nitrogens with one attached hydrogen (secondary N) is 1. The summed E-state index contributed by atoms with van der Waals surface area (Å²) in [5.74, 6) is 2.03. The van der Waals surface area contributed by atoms with Gasteiger partial charge in [0.1, 0.15) is 0 Å². The Morgan fingerprint density at radius 3 is 2.80 bits per heavy atom. The number of benzene rings is 1. The number of rotatable bonds is 6. The summed E-state index contributed by atoms with van der Waals surface area (Å²) >= 11 is 0. The van der Waals surface area contributed by atoms with Crippen LogP contribution in [0, 0.1) is 5.92 Å². The van der Waals surface area contributed by atoms with Gasteiger partial charge >= 0.3 is 0 Å². The molecule has 1 saturated carbocycles. The molecular weight excluding hydrogens is 361 g/mol. The quantitative estimate of drug-likeness (QED) is 0.330. The van der Waals surface area contributed by atoms with Crippen LogP contribution in [-0.4, -0.2) is 12.5 Å².